The first-order valence-electron chi connectivity index (χ1n) is 9.43. The van der Waals surface area contributed by atoms with E-state index in [1.165, 1.54) is 0 Å². The molecule has 2 N–H and O–H groups in total. The molecule has 1 aromatic heterocycles. The van der Waals surface area contributed by atoms with Crippen LogP contribution in [0.5, 0.6) is 0 Å². The molecule has 0 atom stereocenters. The topological polar surface area (TPSA) is 93.1 Å². The first kappa shape index (κ1) is 19.4. The highest BCUT2D eigenvalue weighted by molar-refractivity contribution is 7.89. The van der Waals surface area contributed by atoms with Gasteiger partial charge in [-0.05, 0) is 67.8 Å². The van der Waals surface area contributed by atoms with Gasteiger partial charge in [-0.15, -0.1) is 0 Å². The lowest BCUT2D eigenvalue weighted by molar-refractivity contribution is 0.0951. The molecule has 150 valence electrons. The molecule has 1 heterocycles. The van der Waals surface area contributed by atoms with Crippen LogP contribution in [0, 0.1) is 6.92 Å². The van der Waals surface area contributed by atoms with Crippen molar-refractivity contribution in [3.05, 3.63) is 77.6 Å². The lowest BCUT2D eigenvalue weighted by atomic mass is 10.1. The van der Waals surface area contributed by atoms with Crippen molar-refractivity contribution in [3.8, 4) is 5.69 Å². The van der Waals surface area contributed by atoms with Gasteiger partial charge in [-0.1, -0.05) is 12.1 Å². The van der Waals surface area contributed by atoms with Gasteiger partial charge in [0.1, 0.15) is 0 Å². The van der Waals surface area contributed by atoms with Gasteiger partial charge in [0.2, 0.25) is 10.0 Å². The number of hydrogen-bond donors (Lipinski definition) is 2. The molecule has 0 bridgehead atoms. The molecule has 2 aromatic carbocycles. The highest BCUT2D eigenvalue weighted by atomic mass is 32.2. The van der Waals surface area contributed by atoms with Gasteiger partial charge in [0.25, 0.3) is 5.91 Å². The molecular weight excluding hydrogens is 388 g/mol. The van der Waals surface area contributed by atoms with Gasteiger partial charge in [-0.2, -0.15) is 5.10 Å². The maximum Gasteiger partial charge on any atom is 0.251 e. The van der Waals surface area contributed by atoms with E-state index in [4.69, 9.17) is 0 Å². The lowest BCUT2D eigenvalue weighted by Gasteiger charge is -2.09. The van der Waals surface area contributed by atoms with Gasteiger partial charge in [-0.25, -0.2) is 17.8 Å². The van der Waals surface area contributed by atoms with Crippen LogP contribution < -0.4 is 10.0 Å². The number of aryl methyl sites for hydroxylation is 1. The number of nitrogens with zero attached hydrogens (tertiary/aromatic N) is 2. The monoisotopic (exact) mass is 410 g/mol. The van der Waals surface area contributed by atoms with Crippen LogP contribution in [0.15, 0.2) is 65.7 Å². The average Bonchev–Trinajstić information content (AvgIpc) is 3.42. The third-order valence-electron chi connectivity index (χ3n) is 4.79. The third kappa shape index (κ3) is 4.55. The maximum atomic E-state index is 12.4. The zero-order valence-corrected chi connectivity index (χ0v) is 16.8. The number of aromatic nitrogens is 2. The number of rotatable bonds is 7. The Morgan fingerprint density at radius 1 is 1.07 bits per heavy atom. The first-order valence-corrected chi connectivity index (χ1v) is 10.9. The van der Waals surface area contributed by atoms with E-state index in [1.807, 2.05) is 25.1 Å². The van der Waals surface area contributed by atoms with Gasteiger partial charge in [-0.3, -0.25) is 4.79 Å². The van der Waals surface area contributed by atoms with Crippen molar-refractivity contribution in [1.82, 2.24) is 19.8 Å². The van der Waals surface area contributed by atoms with Crippen molar-refractivity contribution in [2.24, 2.45) is 0 Å². The smallest absolute Gasteiger partial charge is 0.251 e. The average molecular weight is 410 g/mol. The molecule has 0 radical (unpaired) electrons. The van der Waals surface area contributed by atoms with Crippen molar-refractivity contribution >= 4 is 15.9 Å². The number of benzene rings is 2. The minimum Gasteiger partial charge on any atom is -0.348 e. The van der Waals surface area contributed by atoms with E-state index in [9.17, 15) is 13.2 Å². The minimum atomic E-state index is -3.46. The van der Waals surface area contributed by atoms with Crippen molar-refractivity contribution in [2.45, 2.75) is 37.2 Å². The number of amides is 1. The molecule has 0 aliphatic heterocycles. The van der Waals surface area contributed by atoms with E-state index in [0.717, 1.165) is 29.8 Å². The number of carbonyl (C=O) groups excluding carboxylic acids is 1. The van der Waals surface area contributed by atoms with Crippen LogP contribution in [0.2, 0.25) is 0 Å². The Hall–Kier alpha value is -2.97. The summed E-state index contributed by atoms with van der Waals surface area (Å²) in [6.45, 7) is 2.28. The lowest BCUT2D eigenvalue weighted by Crippen LogP contribution is -2.26. The Bertz CT molecular complexity index is 1120. The fourth-order valence-corrected chi connectivity index (χ4v) is 4.26. The molecule has 1 saturated carbocycles. The van der Waals surface area contributed by atoms with Crippen LogP contribution in [-0.4, -0.2) is 30.1 Å². The third-order valence-corrected chi connectivity index (χ3v) is 6.33. The van der Waals surface area contributed by atoms with Crippen LogP contribution in [-0.2, 0) is 16.6 Å². The van der Waals surface area contributed by atoms with Crippen molar-refractivity contribution in [3.63, 3.8) is 0 Å². The molecule has 3 aromatic rings. The van der Waals surface area contributed by atoms with Crippen molar-refractivity contribution < 1.29 is 13.2 Å². The Balaban J connectivity index is 1.36. The Morgan fingerprint density at radius 3 is 2.34 bits per heavy atom. The number of hydrogen-bond acceptors (Lipinski definition) is 4. The molecule has 7 nitrogen and oxygen atoms in total. The van der Waals surface area contributed by atoms with Gasteiger partial charge in [0.15, 0.2) is 0 Å². The largest absolute Gasteiger partial charge is 0.348 e. The second-order valence-electron chi connectivity index (χ2n) is 7.15. The number of sulfonamides is 1. The highest BCUT2D eigenvalue weighted by Crippen LogP contribution is 2.22. The molecule has 1 aliphatic rings. The summed E-state index contributed by atoms with van der Waals surface area (Å²) in [5.74, 6) is -0.194. The summed E-state index contributed by atoms with van der Waals surface area (Å²) in [4.78, 5) is 12.6. The number of nitrogens with one attached hydrogen (secondary N) is 2. The quantitative estimate of drug-likeness (QED) is 0.626. The van der Waals surface area contributed by atoms with E-state index < -0.39 is 10.0 Å². The van der Waals surface area contributed by atoms with E-state index >= 15 is 0 Å². The summed E-state index contributed by atoms with van der Waals surface area (Å²) in [6.07, 6.45) is 3.52. The number of carbonyl (C=O) groups is 1. The summed E-state index contributed by atoms with van der Waals surface area (Å²) in [5, 5.41) is 7.10. The van der Waals surface area contributed by atoms with Crippen molar-refractivity contribution in [2.75, 3.05) is 0 Å². The van der Waals surface area contributed by atoms with E-state index in [0.29, 0.717) is 12.1 Å². The SMILES string of the molecule is Cc1ccnn1-c1ccc(C(=O)NCc2ccc(S(=O)(=O)NC3CC3)cc2)cc1. The second-order valence-corrected chi connectivity index (χ2v) is 8.87. The van der Waals surface area contributed by atoms with Crippen molar-refractivity contribution in [1.29, 1.82) is 0 Å². The van der Waals surface area contributed by atoms with Crippen LogP contribution in [0.1, 0.15) is 34.5 Å². The minimum absolute atomic E-state index is 0.0718. The molecule has 1 aliphatic carbocycles. The molecule has 0 unspecified atom stereocenters. The summed E-state index contributed by atoms with van der Waals surface area (Å²) < 4.78 is 28.8. The second kappa shape index (κ2) is 7.81. The zero-order valence-electron chi connectivity index (χ0n) is 16.0. The zero-order chi connectivity index (χ0) is 20.4. The molecule has 0 spiro atoms. The standard InChI is InChI=1S/C21H22N4O3S/c1-15-12-13-23-25(15)19-8-4-17(5-9-19)21(26)22-14-16-2-10-20(11-3-16)29(27,28)24-18-6-7-18/h2-5,8-13,18,24H,6-7,14H2,1H3,(H,22,26). The van der Waals surface area contributed by atoms with Gasteiger partial charge < -0.3 is 5.32 Å². The van der Waals surface area contributed by atoms with Crippen LogP contribution in [0.4, 0.5) is 0 Å². The molecule has 1 amide bonds. The molecule has 8 heteroatoms. The molecular formula is C21H22N4O3S. The summed E-state index contributed by atoms with van der Waals surface area (Å²) in [7, 11) is -3.46. The van der Waals surface area contributed by atoms with E-state index in [-0.39, 0.29) is 16.8 Å². The molecule has 1 fully saturated rings. The van der Waals surface area contributed by atoms with E-state index in [1.54, 1.807) is 47.3 Å². The first-order chi connectivity index (χ1) is 13.9. The van der Waals surface area contributed by atoms with Crippen LogP contribution in [0.3, 0.4) is 0 Å². The Morgan fingerprint density at radius 2 is 1.76 bits per heavy atom. The predicted molar refractivity (Wildman–Crippen MR) is 109 cm³/mol. The predicted octanol–water partition coefficient (Wildman–Crippen LogP) is 2.55. The van der Waals surface area contributed by atoms with Gasteiger partial charge in [0, 0.05) is 30.0 Å². The summed E-state index contributed by atoms with van der Waals surface area (Å²) in [5.41, 5.74) is 3.28. The summed E-state index contributed by atoms with van der Waals surface area (Å²) in [6, 6.07) is 15.7. The normalized spacial score (nSPS) is 14.0. The Kier molecular flexibility index (Phi) is 5.21. The fourth-order valence-electron chi connectivity index (χ4n) is 2.95. The fraction of sp³-hybridized carbons (Fsp3) is 0.238. The molecule has 4 rings (SSSR count). The highest BCUT2D eigenvalue weighted by Gasteiger charge is 2.27. The van der Waals surface area contributed by atoms with E-state index in [2.05, 4.69) is 15.1 Å². The molecule has 29 heavy (non-hydrogen) atoms. The van der Waals surface area contributed by atoms with Gasteiger partial charge in [0.05, 0.1) is 10.6 Å². The maximum absolute atomic E-state index is 12.4. The Labute approximate surface area is 169 Å². The van der Waals surface area contributed by atoms with Crippen LogP contribution in [0.25, 0.3) is 5.69 Å². The van der Waals surface area contributed by atoms with Gasteiger partial charge >= 0.3 is 0 Å². The van der Waals surface area contributed by atoms with Crippen LogP contribution >= 0.6 is 0 Å². The summed E-state index contributed by atoms with van der Waals surface area (Å²) >= 11 is 0. The molecule has 0 saturated heterocycles.